The Labute approximate surface area is 372 Å². The summed E-state index contributed by atoms with van der Waals surface area (Å²) >= 11 is 0. The fourth-order valence-electron chi connectivity index (χ4n) is 10.5. The molecule has 3 saturated heterocycles. The number of morpholine rings is 2. The maximum absolute atomic E-state index is 15.7. The number of rotatable bonds is 11. The molecule has 0 aromatic heterocycles. The second-order valence-corrected chi connectivity index (χ2v) is 16.8. The van der Waals surface area contributed by atoms with Gasteiger partial charge in [-0.1, -0.05) is 78.9 Å². The average Bonchev–Trinajstić information content (AvgIpc) is 3.83. The van der Waals surface area contributed by atoms with Crippen LogP contribution in [0.5, 0.6) is 11.5 Å². The molecule has 3 fully saturated rings. The van der Waals surface area contributed by atoms with Gasteiger partial charge in [0.2, 0.25) is 11.8 Å². The number of amides is 2. The van der Waals surface area contributed by atoms with E-state index in [1.165, 1.54) is 0 Å². The third kappa shape index (κ3) is 7.21. The minimum Gasteiger partial charge on any atom is -0.497 e. The molecule has 0 unspecified atom stereocenters. The summed E-state index contributed by atoms with van der Waals surface area (Å²) in [4.78, 5) is 50.9. The Morgan fingerprint density at radius 3 is 2.28 bits per heavy atom. The van der Waals surface area contributed by atoms with E-state index in [0.29, 0.717) is 47.2 Å². The van der Waals surface area contributed by atoms with Crippen LogP contribution in [0.4, 0.5) is 17.1 Å². The zero-order valence-corrected chi connectivity index (χ0v) is 35.5. The number of aliphatic hydroxyl groups excluding tert-OH is 1. The molecule has 3 N–H and O–H groups in total. The topological polar surface area (TPSA) is 139 Å². The fraction of sp³-hybridized carbons (Fsp3) is 0.288. The molecular weight excluding hydrogens is 809 g/mol. The molecule has 0 saturated carbocycles. The van der Waals surface area contributed by atoms with Gasteiger partial charge in [-0.05, 0) is 107 Å². The van der Waals surface area contributed by atoms with Crippen LogP contribution in [-0.2, 0) is 29.3 Å². The minimum atomic E-state index is -1.67. The van der Waals surface area contributed by atoms with Gasteiger partial charge in [-0.2, -0.15) is 0 Å². The molecule has 0 radical (unpaired) electrons. The number of carbonyl (C=O) groups is 3. The van der Waals surface area contributed by atoms with E-state index in [1.54, 1.807) is 7.11 Å². The zero-order chi connectivity index (χ0) is 43.8. The summed E-state index contributed by atoms with van der Waals surface area (Å²) in [7, 11) is 1.62. The number of cyclic esters (lactones) is 1. The van der Waals surface area contributed by atoms with Crippen molar-refractivity contribution in [3.8, 4) is 22.6 Å². The average molecular weight is 859 g/mol. The van der Waals surface area contributed by atoms with E-state index in [9.17, 15) is 5.11 Å². The van der Waals surface area contributed by atoms with Crippen LogP contribution in [0, 0.1) is 5.92 Å². The first-order valence-corrected chi connectivity index (χ1v) is 22.0. The highest BCUT2D eigenvalue weighted by Crippen LogP contribution is 2.63. The van der Waals surface area contributed by atoms with Crippen LogP contribution in [0.15, 0.2) is 145 Å². The van der Waals surface area contributed by atoms with E-state index in [4.69, 9.17) is 18.9 Å². The number of fused-ring (bicyclic) bond motifs is 3. The van der Waals surface area contributed by atoms with Gasteiger partial charge in [0.25, 0.3) is 0 Å². The molecule has 12 heteroatoms. The summed E-state index contributed by atoms with van der Waals surface area (Å²) in [6.45, 7) is 2.74. The Hall–Kier alpha value is -6.73. The van der Waals surface area contributed by atoms with Crippen LogP contribution >= 0.6 is 0 Å². The monoisotopic (exact) mass is 858 g/mol. The summed E-state index contributed by atoms with van der Waals surface area (Å²) in [5, 5.41) is 15.9. The first kappa shape index (κ1) is 41.3. The van der Waals surface area contributed by atoms with Crippen LogP contribution in [0.3, 0.4) is 0 Å². The molecule has 10 rings (SSSR count). The third-order valence-corrected chi connectivity index (χ3v) is 13.3. The Kier molecular flexibility index (Phi) is 11.3. The highest BCUT2D eigenvalue weighted by atomic mass is 16.6. The van der Waals surface area contributed by atoms with Crippen molar-refractivity contribution in [3.63, 3.8) is 0 Å². The maximum Gasteiger partial charge on any atom is 0.324 e. The van der Waals surface area contributed by atoms with Crippen molar-refractivity contribution >= 4 is 34.8 Å². The Morgan fingerprint density at radius 1 is 0.844 bits per heavy atom. The number of benzene rings is 5. The number of anilines is 3. The number of methoxy groups -OCH3 is 1. The molecule has 0 bridgehead atoms. The standard InChI is InChI=1S/C52H50N4O8/c1-61-40-21-12-33(13-22-40)37-16-25-43-42(32-37)52(51(60)54-43)44(49(58)53-38-17-19-39(20-18-38)55-26-29-62-30-27-55)46-50(59)64-47(35-10-6-3-7-11-35)45(34-8-4-2-5-9-34)56(46)48(52)36-14-23-41(24-15-36)63-31-28-57/h3-4,6-25,32,44-48,57H,2,5,26-31H2,1H3,(H,53,58)(H,54,60)/t44-,45-,46-,47+,48+,52-/m0/s1. The first-order valence-electron chi connectivity index (χ1n) is 22.0. The number of nitrogens with one attached hydrogen (secondary N) is 2. The van der Waals surface area contributed by atoms with E-state index in [-0.39, 0.29) is 13.2 Å². The molecule has 5 aromatic carbocycles. The normalized spacial score (nSPS) is 24.9. The molecule has 1 spiro atoms. The van der Waals surface area contributed by atoms with Crippen molar-refractivity contribution in [1.29, 1.82) is 0 Å². The molecule has 326 valence electrons. The summed E-state index contributed by atoms with van der Waals surface area (Å²) in [5.74, 6) is -1.52. The van der Waals surface area contributed by atoms with E-state index in [0.717, 1.165) is 53.9 Å². The third-order valence-electron chi connectivity index (χ3n) is 13.3. The molecule has 5 aromatic rings. The summed E-state index contributed by atoms with van der Waals surface area (Å²) in [6.07, 6.45) is 7.26. The van der Waals surface area contributed by atoms with Crippen molar-refractivity contribution in [2.75, 3.05) is 62.2 Å². The van der Waals surface area contributed by atoms with Gasteiger partial charge < -0.3 is 39.6 Å². The lowest BCUT2D eigenvalue weighted by Gasteiger charge is -2.46. The van der Waals surface area contributed by atoms with Crippen LogP contribution < -0.4 is 25.0 Å². The first-order chi connectivity index (χ1) is 31.4. The number of esters is 1. The van der Waals surface area contributed by atoms with Gasteiger partial charge in [0, 0.05) is 30.2 Å². The second-order valence-electron chi connectivity index (χ2n) is 16.8. The Morgan fingerprint density at radius 2 is 1.58 bits per heavy atom. The largest absolute Gasteiger partial charge is 0.497 e. The number of nitrogens with zero attached hydrogens (tertiary/aromatic N) is 2. The van der Waals surface area contributed by atoms with Gasteiger partial charge in [-0.3, -0.25) is 19.3 Å². The van der Waals surface area contributed by atoms with Crippen molar-refractivity contribution in [2.45, 2.75) is 42.5 Å². The molecule has 6 atom stereocenters. The molecule has 2 amide bonds. The van der Waals surface area contributed by atoms with E-state index < -0.39 is 53.3 Å². The molecule has 64 heavy (non-hydrogen) atoms. The van der Waals surface area contributed by atoms with Crippen molar-refractivity contribution < 1.29 is 38.4 Å². The summed E-state index contributed by atoms with van der Waals surface area (Å²) in [5.41, 5.74) is 5.17. The lowest BCUT2D eigenvalue weighted by molar-refractivity contribution is -0.174. The highest BCUT2D eigenvalue weighted by molar-refractivity contribution is 6.14. The van der Waals surface area contributed by atoms with Crippen molar-refractivity contribution in [2.24, 2.45) is 5.92 Å². The van der Waals surface area contributed by atoms with Gasteiger partial charge >= 0.3 is 5.97 Å². The molecular formula is C52H50N4O8. The van der Waals surface area contributed by atoms with Crippen molar-refractivity contribution in [3.05, 3.63) is 162 Å². The summed E-state index contributed by atoms with van der Waals surface area (Å²) in [6, 6.07) is 35.6. The minimum absolute atomic E-state index is 0.105. The highest BCUT2D eigenvalue weighted by Gasteiger charge is 2.74. The number of aliphatic hydroxyl groups is 1. The van der Waals surface area contributed by atoms with Gasteiger partial charge in [0.05, 0.1) is 44.9 Å². The van der Waals surface area contributed by atoms with Gasteiger partial charge in [0.15, 0.2) is 0 Å². The molecule has 1 aliphatic carbocycles. The molecule has 4 aliphatic heterocycles. The number of hydrogen-bond donors (Lipinski definition) is 3. The van der Waals surface area contributed by atoms with Crippen molar-refractivity contribution in [1.82, 2.24) is 4.90 Å². The SMILES string of the molecule is COc1ccc(-c2ccc3c(c2)[C@]2(C(=O)N3)[C@H](C(=O)Nc3ccc(N4CCOCC4)cc3)[C@H]3C(=O)O[C@H](c4ccccc4)[C@H](C4=CCCC=C4)N3[C@@H]2c2ccc(OCCO)cc2)cc1. The van der Waals surface area contributed by atoms with Gasteiger partial charge in [0.1, 0.15) is 35.7 Å². The van der Waals surface area contributed by atoms with Crippen LogP contribution in [0.1, 0.15) is 41.7 Å². The summed E-state index contributed by atoms with van der Waals surface area (Å²) < 4.78 is 23.5. The number of ether oxygens (including phenoxy) is 4. The van der Waals surface area contributed by atoms with Gasteiger partial charge in [-0.15, -0.1) is 0 Å². The predicted octanol–water partition coefficient (Wildman–Crippen LogP) is 7.38. The number of allylic oxidation sites excluding steroid dienone is 2. The predicted molar refractivity (Wildman–Crippen MR) is 243 cm³/mol. The lowest BCUT2D eigenvalue weighted by Crippen LogP contribution is -2.57. The van der Waals surface area contributed by atoms with Gasteiger partial charge in [-0.25, -0.2) is 0 Å². The molecule has 4 heterocycles. The number of carbonyl (C=O) groups excluding carboxylic acids is 3. The van der Waals surface area contributed by atoms with Crippen LogP contribution in [-0.4, -0.2) is 86.5 Å². The maximum atomic E-state index is 15.7. The number of hydrogen-bond acceptors (Lipinski definition) is 10. The van der Waals surface area contributed by atoms with E-state index >= 15 is 14.4 Å². The zero-order valence-electron chi connectivity index (χ0n) is 35.5. The molecule has 12 nitrogen and oxygen atoms in total. The smallest absolute Gasteiger partial charge is 0.324 e. The fourth-order valence-corrected chi connectivity index (χ4v) is 10.5. The lowest BCUT2D eigenvalue weighted by atomic mass is 9.65. The second kappa shape index (κ2) is 17.4. The quantitative estimate of drug-likeness (QED) is 0.115. The van der Waals surface area contributed by atoms with E-state index in [1.807, 2.05) is 121 Å². The van der Waals surface area contributed by atoms with Crippen LogP contribution in [0.25, 0.3) is 11.1 Å². The molecule has 5 aliphatic rings. The van der Waals surface area contributed by atoms with E-state index in [2.05, 4.69) is 38.7 Å². The Bertz CT molecular complexity index is 2590. The van der Waals surface area contributed by atoms with Crippen LogP contribution in [0.2, 0.25) is 0 Å². The Balaban J connectivity index is 1.19.